The van der Waals surface area contributed by atoms with E-state index in [1.54, 1.807) is 7.11 Å². The SMILES string of the molecule is COC1(CNC(=O)c2ccc(C(=O)O)cc2)CCOC1. The predicted molar refractivity (Wildman–Crippen MR) is 70.9 cm³/mol. The summed E-state index contributed by atoms with van der Waals surface area (Å²) in [5, 5.41) is 11.6. The van der Waals surface area contributed by atoms with Crippen molar-refractivity contribution in [1.29, 1.82) is 0 Å². The molecular weight excluding hydrogens is 262 g/mol. The Labute approximate surface area is 116 Å². The molecule has 1 fully saturated rings. The van der Waals surface area contributed by atoms with Crippen LogP contribution in [0.25, 0.3) is 0 Å². The summed E-state index contributed by atoms with van der Waals surface area (Å²) in [7, 11) is 1.60. The first-order valence-electron chi connectivity index (χ1n) is 6.31. The first-order valence-corrected chi connectivity index (χ1v) is 6.31. The number of hydrogen-bond donors (Lipinski definition) is 2. The Hall–Kier alpha value is -1.92. The van der Waals surface area contributed by atoms with E-state index in [1.807, 2.05) is 0 Å². The van der Waals surface area contributed by atoms with Crippen molar-refractivity contribution in [3.8, 4) is 0 Å². The van der Waals surface area contributed by atoms with Crippen molar-refractivity contribution < 1.29 is 24.2 Å². The van der Waals surface area contributed by atoms with Crippen LogP contribution in [0.3, 0.4) is 0 Å². The second-order valence-corrected chi connectivity index (χ2v) is 4.75. The van der Waals surface area contributed by atoms with Crippen molar-refractivity contribution in [2.24, 2.45) is 0 Å². The van der Waals surface area contributed by atoms with Crippen LogP contribution in [-0.4, -0.2) is 49.5 Å². The number of rotatable bonds is 5. The minimum Gasteiger partial charge on any atom is -0.478 e. The molecule has 1 aromatic rings. The van der Waals surface area contributed by atoms with Gasteiger partial charge in [-0.3, -0.25) is 4.79 Å². The van der Waals surface area contributed by atoms with Gasteiger partial charge in [-0.05, 0) is 24.3 Å². The summed E-state index contributed by atoms with van der Waals surface area (Å²) < 4.78 is 10.7. The molecule has 0 radical (unpaired) electrons. The van der Waals surface area contributed by atoms with E-state index in [4.69, 9.17) is 14.6 Å². The first kappa shape index (κ1) is 14.5. The number of carboxylic acids is 1. The highest BCUT2D eigenvalue weighted by Crippen LogP contribution is 2.21. The van der Waals surface area contributed by atoms with Crippen molar-refractivity contribution in [2.45, 2.75) is 12.0 Å². The summed E-state index contributed by atoms with van der Waals surface area (Å²) in [6.07, 6.45) is 0.738. The molecule has 108 valence electrons. The molecule has 2 N–H and O–H groups in total. The normalized spacial score (nSPS) is 21.6. The summed E-state index contributed by atoms with van der Waals surface area (Å²) in [5.74, 6) is -1.27. The maximum Gasteiger partial charge on any atom is 0.335 e. The fraction of sp³-hybridized carbons (Fsp3) is 0.429. The Morgan fingerprint density at radius 2 is 2.00 bits per heavy atom. The molecule has 20 heavy (non-hydrogen) atoms. The third-order valence-corrected chi connectivity index (χ3v) is 3.47. The molecule has 1 aliphatic heterocycles. The number of aromatic carboxylic acids is 1. The number of benzene rings is 1. The van der Waals surface area contributed by atoms with E-state index in [1.165, 1.54) is 24.3 Å². The molecule has 1 amide bonds. The molecule has 1 saturated heterocycles. The predicted octanol–water partition coefficient (Wildman–Crippen LogP) is 0.920. The van der Waals surface area contributed by atoms with Gasteiger partial charge < -0.3 is 19.9 Å². The van der Waals surface area contributed by atoms with Gasteiger partial charge in [0, 0.05) is 32.2 Å². The van der Waals surface area contributed by atoms with E-state index in [9.17, 15) is 9.59 Å². The smallest absolute Gasteiger partial charge is 0.335 e. The second kappa shape index (κ2) is 6.02. The molecule has 1 aromatic carbocycles. The van der Waals surface area contributed by atoms with E-state index in [-0.39, 0.29) is 11.5 Å². The fourth-order valence-electron chi connectivity index (χ4n) is 2.07. The van der Waals surface area contributed by atoms with Gasteiger partial charge in [0.25, 0.3) is 5.91 Å². The molecule has 0 spiro atoms. The number of amides is 1. The fourth-order valence-corrected chi connectivity index (χ4v) is 2.07. The third kappa shape index (κ3) is 3.15. The number of hydrogen-bond acceptors (Lipinski definition) is 4. The van der Waals surface area contributed by atoms with Gasteiger partial charge in [0.2, 0.25) is 0 Å². The van der Waals surface area contributed by atoms with E-state index in [2.05, 4.69) is 5.32 Å². The Balaban J connectivity index is 1.96. The van der Waals surface area contributed by atoms with Crippen molar-refractivity contribution >= 4 is 11.9 Å². The lowest BCUT2D eigenvalue weighted by Gasteiger charge is -2.25. The number of nitrogens with one attached hydrogen (secondary N) is 1. The maximum absolute atomic E-state index is 12.0. The van der Waals surface area contributed by atoms with E-state index < -0.39 is 11.6 Å². The van der Waals surface area contributed by atoms with Crippen molar-refractivity contribution in [3.63, 3.8) is 0 Å². The molecule has 1 heterocycles. The lowest BCUT2D eigenvalue weighted by Crippen LogP contribution is -2.45. The summed E-state index contributed by atoms with van der Waals surface area (Å²) in [4.78, 5) is 22.7. The zero-order valence-electron chi connectivity index (χ0n) is 11.2. The Morgan fingerprint density at radius 3 is 2.50 bits per heavy atom. The molecule has 0 aromatic heterocycles. The summed E-state index contributed by atoms with van der Waals surface area (Å²) in [6, 6.07) is 5.79. The lowest BCUT2D eigenvalue weighted by atomic mass is 10.0. The quantitative estimate of drug-likeness (QED) is 0.837. The molecule has 0 saturated carbocycles. The van der Waals surface area contributed by atoms with Gasteiger partial charge in [-0.2, -0.15) is 0 Å². The van der Waals surface area contributed by atoms with E-state index in [0.717, 1.165) is 6.42 Å². The summed E-state index contributed by atoms with van der Waals surface area (Å²) in [5.41, 5.74) is 0.107. The third-order valence-electron chi connectivity index (χ3n) is 3.47. The standard InChI is InChI=1S/C14H17NO5/c1-19-14(6-7-20-9-14)8-15-12(16)10-2-4-11(5-3-10)13(17)18/h2-5H,6-9H2,1H3,(H,15,16)(H,17,18). The van der Waals surface area contributed by atoms with Gasteiger partial charge in [-0.1, -0.05) is 0 Å². The van der Waals surface area contributed by atoms with E-state index in [0.29, 0.717) is 25.3 Å². The van der Waals surface area contributed by atoms with Crippen LogP contribution in [0, 0.1) is 0 Å². The van der Waals surface area contributed by atoms with Gasteiger partial charge in [-0.15, -0.1) is 0 Å². The second-order valence-electron chi connectivity index (χ2n) is 4.75. The number of ether oxygens (including phenoxy) is 2. The Kier molecular flexibility index (Phi) is 4.36. The van der Waals surface area contributed by atoms with Crippen LogP contribution in [0.2, 0.25) is 0 Å². The van der Waals surface area contributed by atoms with Gasteiger partial charge in [-0.25, -0.2) is 4.79 Å². The number of carboxylic acid groups (broad SMARTS) is 1. The summed E-state index contributed by atoms with van der Waals surface area (Å²) in [6.45, 7) is 1.45. The average Bonchev–Trinajstić information content (AvgIpc) is 2.94. The van der Waals surface area contributed by atoms with Crippen LogP contribution in [0.5, 0.6) is 0 Å². The molecule has 1 aliphatic rings. The average molecular weight is 279 g/mol. The molecule has 1 unspecified atom stereocenters. The topological polar surface area (TPSA) is 84.9 Å². The van der Waals surface area contributed by atoms with Crippen LogP contribution in [-0.2, 0) is 9.47 Å². The maximum atomic E-state index is 12.0. The largest absolute Gasteiger partial charge is 0.478 e. The molecule has 0 bridgehead atoms. The zero-order valence-corrected chi connectivity index (χ0v) is 11.2. The molecule has 6 heteroatoms. The molecule has 2 rings (SSSR count). The number of carbonyl (C=O) groups excluding carboxylic acids is 1. The molecule has 6 nitrogen and oxygen atoms in total. The monoisotopic (exact) mass is 279 g/mol. The Morgan fingerprint density at radius 1 is 1.35 bits per heavy atom. The highest BCUT2D eigenvalue weighted by Gasteiger charge is 2.35. The van der Waals surface area contributed by atoms with Gasteiger partial charge in [0.05, 0.1) is 12.2 Å². The minimum atomic E-state index is -1.02. The Bertz CT molecular complexity index is 491. The molecule has 0 aliphatic carbocycles. The van der Waals surface area contributed by atoms with Crippen LogP contribution < -0.4 is 5.32 Å². The highest BCUT2D eigenvalue weighted by atomic mass is 16.5. The summed E-state index contributed by atoms with van der Waals surface area (Å²) >= 11 is 0. The molecular formula is C14H17NO5. The van der Waals surface area contributed by atoms with E-state index >= 15 is 0 Å². The number of methoxy groups -OCH3 is 1. The van der Waals surface area contributed by atoms with Crippen LogP contribution >= 0.6 is 0 Å². The van der Waals surface area contributed by atoms with Crippen LogP contribution in [0.4, 0.5) is 0 Å². The molecule has 1 atom stereocenters. The number of carbonyl (C=O) groups is 2. The van der Waals surface area contributed by atoms with Crippen LogP contribution in [0.15, 0.2) is 24.3 Å². The van der Waals surface area contributed by atoms with Crippen molar-refractivity contribution in [1.82, 2.24) is 5.32 Å². The zero-order chi connectivity index (χ0) is 14.6. The van der Waals surface area contributed by atoms with Crippen LogP contribution in [0.1, 0.15) is 27.1 Å². The van der Waals surface area contributed by atoms with Crippen molar-refractivity contribution in [3.05, 3.63) is 35.4 Å². The van der Waals surface area contributed by atoms with Gasteiger partial charge in [0.1, 0.15) is 5.60 Å². The minimum absolute atomic E-state index is 0.152. The highest BCUT2D eigenvalue weighted by molar-refractivity contribution is 5.95. The van der Waals surface area contributed by atoms with Gasteiger partial charge in [0.15, 0.2) is 0 Å². The first-order chi connectivity index (χ1) is 9.56. The van der Waals surface area contributed by atoms with Gasteiger partial charge >= 0.3 is 5.97 Å². The van der Waals surface area contributed by atoms with Crippen molar-refractivity contribution in [2.75, 3.05) is 26.9 Å². The lowest BCUT2D eigenvalue weighted by molar-refractivity contribution is -0.0148.